The van der Waals surface area contributed by atoms with Crippen LogP contribution in [0.25, 0.3) is 11.4 Å². The molecular weight excluding hydrogens is 305 g/mol. The van der Waals surface area contributed by atoms with Crippen LogP contribution in [0.2, 0.25) is 0 Å². The summed E-state index contributed by atoms with van der Waals surface area (Å²) in [5.41, 5.74) is 0.791. The van der Waals surface area contributed by atoms with Gasteiger partial charge in [-0.25, -0.2) is 9.78 Å². The number of rotatable bonds is 4. The summed E-state index contributed by atoms with van der Waals surface area (Å²) < 4.78 is 36.2. The Kier molecular flexibility index (Phi) is 4.11. The highest BCUT2D eigenvalue weighted by molar-refractivity contribution is 5.83. The number of alkyl halides is 3. The first-order valence-electron chi connectivity index (χ1n) is 5.87. The first-order valence-corrected chi connectivity index (χ1v) is 5.87. The molecule has 2 aromatic rings. The Morgan fingerprint density at radius 2 is 2.05 bits per heavy atom. The Labute approximate surface area is 121 Å². The quantitative estimate of drug-likeness (QED) is 0.789. The highest BCUT2D eigenvalue weighted by atomic mass is 19.4. The number of nitrogens with one attached hydrogen (secondary N) is 2. The number of carbonyl (C=O) groups excluding carboxylic acids is 1. The zero-order chi connectivity index (χ0) is 16.3. The lowest BCUT2D eigenvalue weighted by Crippen LogP contribution is -2.36. The summed E-state index contributed by atoms with van der Waals surface area (Å²) in [7, 11) is 0. The number of hydrogen-bond acceptors (Lipinski definition) is 4. The fourth-order valence-corrected chi connectivity index (χ4v) is 1.59. The topological polar surface area (TPSA) is 108 Å². The van der Waals surface area contributed by atoms with Gasteiger partial charge in [0.2, 0.25) is 5.82 Å². The third-order valence-electron chi connectivity index (χ3n) is 2.58. The second-order valence-electron chi connectivity index (χ2n) is 4.19. The molecule has 0 saturated heterocycles. The van der Waals surface area contributed by atoms with Crippen LogP contribution in [-0.4, -0.2) is 38.3 Å². The number of hydrogen-bond donors (Lipinski definition) is 3. The molecule has 1 amide bonds. The van der Waals surface area contributed by atoms with Crippen LogP contribution in [-0.2, 0) is 11.3 Å². The number of carboxylic acids is 1. The highest BCUT2D eigenvalue weighted by Crippen LogP contribution is 2.18. The second kappa shape index (κ2) is 5.84. The first-order chi connectivity index (χ1) is 10.3. The number of nitrogens with zero attached hydrogens (tertiary/aromatic N) is 2. The third kappa shape index (κ3) is 3.59. The maximum absolute atomic E-state index is 12.1. The Morgan fingerprint density at radius 1 is 1.32 bits per heavy atom. The summed E-state index contributed by atoms with van der Waals surface area (Å²) >= 11 is 0. The normalized spacial score (nSPS) is 11.2. The van der Waals surface area contributed by atoms with Crippen LogP contribution in [0.4, 0.5) is 13.2 Å². The number of aromatic nitrogens is 3. The van der Waals surface area contributed by atoms with Gasteiger partial charge in [0, 0.05) is 12.1 Å². The smallest absolute Gasteiger partial charge is 0.471 e. The molecule has 0 aliphatic carbocycles. The van der Waals surface area contributed by atoms with E-state index in [0.29, 0.717) is 11.1 Å². The van der Waals surface area contributed by atoms with E-state index in [4.69, 9.17) is 5.11 Å². The monoisotopic (exact) mass is 314 g/mol. The van der Waals surface area contributed by atoms with Crippen molar-refractivity contribution in [3.63, 3.8) is 0 Å². The third-order valence-corrected chi connectivity index (χ3v) is 2.58. The molecular formula is C12H9F3N4O3. The maximum atomic E-state index is 12.1. The van der Waals surface area contributed by atoms with Gasteiger partial charge in [0.15, 0.2) is 5.82 Å². The van der Waals surface area contributed by atoms with Gasteiger partial charge in [0.05, 0.1) is 0 Å². The molecule has 0 aliphatic heterocycles. The lowest BCUT2D eigenvalue weighted by atomic mass is 10.1. The van der Waals surface area contributed by atoms with Crippen molar-refractivity contribution in [1.82, 2.24) is 20.5 Å². The Hall–Kier alpha value is -2.91. The fraction of sp³-hybridized carbons (Fsp3) is 0.167. The lowest BCUT2D eigenvalue weighted by molar-refractivity contribution is -0.173. The molecule has 1 aromatic heterocycles. The van der Waals surface area contributed by atoms with Gasteiger partial charge in [-0.3, -0.25) is 9.89 Å². The van der Waals surface area contributed by atoms with E-state index < -0.39 is 18.1 Å². The van der Waals surface area contributed by atoms with Gasteiger partial charge in [-0.1, -0.05) is 18.2 Å². The van der Waals surface area contributed by atoms with Crippen LogP contribution in [0.3, 0.4) is 0 Å². The molecule has 0 saturated carbocycles. The van der Waals surface area contributed by atoms with E-state index in [9.17, 15) is 22.8 Å². The van der Waals surface area contributed by atoms with Crippen molar-refractivity contribution in [2.75, 3.05) is 0 Å². The fourth-order valence-electron chi connectivity index (χ4n) is 1.59. The van der Waals surface area contributed by atoms with Crippen molar-refractivity contribution in [1.29, 1.82) is 0 Å². The molecule has 0 spiro atoms. The van der Waals surface area contributed by atoms with E-state index in [1.807, 2.05) is 0 Å². The average Bonchev–Trinajstić information content (AvgIpc) is 2.94. The van der Waals surface area contributed by atoms with E-state index in [-0.39, 0.29) is 18.2 Å². The number of benzene rings is 1. The van der Waals surface area contributed by atoms with Crippen molar-refractivity contribution in [3.05, 3.63) is 35.7 Å². The van der Waals surface area contributed by atoms with E-state index >= 15 is 0 Å². The Bertz CT molecular complexity index is 712. The molecule has 10 heteroatoms. The second-order valence-corrected chi connectivity index (χ2v) is 4.19. The van der Waals surface area contributed by atoms with Gasteiger partial charge < -0.3 is 10.4 Å². The van der Waals surface area contributed by atoms with E-state index in [2.05, 4.69) is 15.2 Å². The lowest BCUT2D eigenvalue weighted by Gasteiger charge is -2.08. The molecule has 2 rings (SSSR count). The van der Waals surface area contributed by atoms with Crippen LogP contribution in [0.15, 0.2) is 24.3 Å². The summed E-state index contributed by atoms with van der Waals surface area (Å²) in [5.74, 6) is -3.59. The summed E-state index contributed by atoms with van der Waals surface area (Å²) in [6, 6.07) is 6.04. The van der Waals surface area contributed by atoms with Crippen LogP contribution < -0.4 is 5.32 Å². The predicted molar refractivity (Wildman–Crippen MR) is 66.7 cm³/mol. The molecule has 0 unspecified atom stereocenters. The Balaban J connectivity index is 2.13. The molecule has 22 heavy (non-hydrogen) atoms. The van der Waals surface area contributed by atoms with Crippen molar-refractivity contribution < 1.29 is 27.9 Å². The standard InChI is InChI=1S/C12H9F3N4O3/c13-12(14,15)11(22)16-5-6-2-1-3-7(4-6)8-17-9(10(20)21)19-18-8/h1-4H,5H2,(H,16,22)(H,20,21)(H,17,18,19). The zero-order valence-corrected chi connectivity index (χ0v) is 10.8. The van der Waals surface area contributed by atoms with Gasteiger partial charge in [-0.05, 0) is 11.6 Å². The van der Waals surface area contributed by atoms with Crippen LogP contribution in [0, 0.1) is 0 Å². The number of aromatic carboxylic acids is 1. The molecule has 0 atom stereocenters. The molecule has 1 aromatic carbocycles. The van der Waals surface area contributed by atoms with Crippen LogP contribution >= 0.6 is 0 Å². The summed E-state index contributed by atoms with van der Waals surface area (Å²) in [4.78, 5) is 25.2. The predicted octanol–water partition coefficient (Wildman–Crippen LogP) is 1.35. The van der Waals surface area contributed by atoms with Crippen molar-refractivity contribution in [3.8, 4) is 11.4 Å². The number of carboxylic acid groups (broad SMARTS) is 1. The minimum Gasteiger partial charge on any atom is -0.475 e. The minimum atomic E-state index is -4.95. The molecule has 0 fully saturated rings. The summed E-state index contributed by atoms with van der Waals surface area (Å²) in [5, 5.41) is 16.4. The van der Waals surface area contributed by atoms with Crippen molar-refractivity contribution >= 4 is 11.9 Å². The number of aromatic amines is 1. The number of amides is 1. The van der Waals surface area contributed by atoms with E-state index in [1.165, 1.54) is 18.2 Å². The molecule has 116 valence electrons. The Morgan fingerprint density at radius 3 is 2.64 bits per heavy atom. The molecule has 0 aliphatic rings. The van der Waals surface area contributed by atoms with Gasteiger partial charge in [-0.15, -0.1) is 0 Å². The van der Waals surface area contributed by atoms with Gasteiger partial charge in [0.25, 0.3) is 0 Å². The van der Waals surface area contributed by atoms with Crippen molar-refractivity contribution in [2.24, 2.45) is 0 Å². The molecule has 7 nitrogen and oxygen atoms in total. The first kappa shape index (κ1) is 15.5. The summed E-state index contributed by atoms with van der Waals surface area (Å²) in [6.45, 7) is -0.331. The van der Waals surface area contributed by atoms with E-state index in [1.54, 1.807) is 11.4 Å². The van der Waals surface area contributed by atoms with Crippen LogP contribution in [0.1, 0.15) is 16.2 Å². The summed E-state index contributed by atoms with van der Waals surface area (Å²) in [6.07, 6.45) is -4.95. The maximum Gasteiger partial charge on any atom is 0.471 e. The molecule has 1 heterocycles. The highest BCUT2D eigenvalue weighted by Gasteiger charge is 2.38. The van der Waals surface area contributed by atoms with Gasteiger partial charge in [-0.2, -0.15) is 18.3 Å². The minimum absolute atomic E-state index is 0.0846. The van der Waals surface area contributed by atoms with Gasteiger partial charge in [0.1, 0.15) is 0 Å². The van der Waals surface area contributed by atoms with E-state index in [0.717, 1.165) is 0 Å². The molecule has 0 bridgehead atoms. The van der Waals surface area contributed by atoms with Crippen molar-refractivity contribution in [2.45, 2.75) is 12.7 Å². The van der Waals surface area contributed by atoms with Crippen LogP contribution in [0.5, 0.6) is 0 Å². The number of H-pyrrole nitrogens is 1. The molecule has 3 N–H and O–H groups in total. The molecule has 0 radical (unpaired) electrons. The zero-order valence-electron chi connectivity index (χ0n) is 10.8. The number of carbonyl (C=O) groups is 2. The average molecular weight is 314 g/mol. The van der Waals surface area contributed by atoms with Gasteiger partial charge >= 0.3 is 18.1 Å². The number of halogens is 3. The SMILES string of the molecule is O=C(O)c1nc(-c2cccc(CNC(=O)C(F)(F)F)c2)n[nH]1. The largest absolute Gasteiger partial charge is 0.475 e.